The van der Waals surface area contributed by atoms with Crippen LogP contribution in [0.25, 0.3) is 0 Å². The van der Waals surface area contributed by atoms with Crippen molar-refractivity contribution in [1.82, 2.24) is 5.32 Å². The van der Waals surface area contributed by atoms with E-state index in [9.17, 15) is 5.11 Å². The minimum atomic E-state index is -0.582. The summed E-state index contributed by atoms with van der Waals surface area (Å²) in [6.07, 6.45) is 4.81. The van der Waals surface area contributed by atoms with Gasteiger partial charge in [0.1, 0.15) is 0 Å². The van der Waals surface area contributed by atoms with E-state index in [0.717, 1.165) is 32.1 Å². The normalized spacial score (nSPS) is 19.7. The van der Waals surface area contributed by atoms with Gasteiger partial charge < -0.3 is 15.2 Å². The Morgan fingerprint density at radius 2 is 1.95 bits per heavy atom. The Balaban J connectivity index is 1.85. The minimum absolute atomic E-state index is 0.439. The Morgan fingerprint density at radius 3 is 2.60 bits per heavy atom. The van der Waals surface area contributed by atoms with Gasteiger partial charge >= 0.3 is 0 Å². The lowest BCUT2D eigenvalue weighted by atomic mass is 9.93. The molecule has 2 N–H and O–H groups in total. The lowest BCUT2D eigenvalue weighted by Crippen LogP contribution is -2.48. The van der Waals surface area contributed by atoms with Gasteiger partial charge in [0.2, 0.25) is 0 Å². The van der Waals surface area contributed by atoms with Crippen LogP contribution in [0.4, 0.5) is 0 Å². The van der Waals surface area contributed by atoms with Crippen LogP contribution in [0.2, 0.25) is 0 Å². The zero-order valence-corrected chi connectivity index (χ0v) is 12.5. The molecule has 0 radical (unpaired) electrons. The molecule has 0 aliphatic carbocycles. The molecule has 1 atom stereocenters. The van der Waals surface area contributed by atoms with E-state index in [1.807, 2.05) is 0 Å². The van der Waals surface area contributed by atoms with E-state index >= 15 is 0 Å². The first-order valence-corrected chi connectivity index (χ1v) is 7.79. The number of ether oxygens (including phenoxy) is 1. The molecule has 2 rings (SSSR count). The molecule has 0 bridgehead atoms. The highest BCUT2D eigenvalue weighted by molar-refractivity contribution is 5.15. The largest absolute Gasteiger partial charge is 0.388 e. The fraction of sp³-hybridized carbons (Fsp3) is 0.647. The predicted molar refractivity (Wildman–Crippen MR) is 81.8 cm³/mol. The van der Waals surface area contributed by atoms with Gasteiger partial charge in [0.25, 0.3) is 0 Å². The summed E-state index contributed by atoms with van der Waals surface area (Å²) in [7, 11) is 0. The molecule has 1 aliphatic heterocycles. The lowest BCUT2D eigenvalue weighted by molar-refractivity contribution is -0.0628. The van der Waals surface area contributed by atoms with Crippen molar-refractivity contribution >= 4 is 0 Å². The topological polar surface area (TPSA) is 41.5 Å². The fourth-order valence-corrected chi connectivity index (χ4v) is 2.79. The van der Waals surface area contributed by atoms with Crippen LogP contribution in [0.1, 0.15) is 38.2 Å². The summed E-state index contributed by atoms with van der Waals surface area (Å²) in [5.74, 6) is 0. The average Bonchev–Trinajstić information content (AvgIpc) is 2.47. The molecule has 1 fully saturated rings. The molecule has 3 heteroatoms. The molecular weight excluding hydrogens is 250 g/mol. The molecule has 0 aromatic heterocycles. The summed E-state index contributed by atoms with van der Waals surface area (Å²) in [5.41, 5.74) is 0.776. The van der Waals surface area contributed by atoms with Crippen molar-refractivity contribution in [2.45, 2.75) is 50.7 Å². The molecule has 1 aliphatic rings. The predicted octanol–water partition coefficient (Wildman–Crippen LogP) is 2.53. The average molecular weight is 277 g/mol. The van der Waals surface area contributed by atoms with E-state index in [1.165, 1.54) is 5.56 Å². The highest BCUT2D eigenvalue weighted by Crippen LogP contribution is 2.20. The van der Waals surface area contributed by atoms with E-state index in [4.69, 9.17) is 4.74 Å². The zero-order valence-electron chi connectivity index (χ0n) is 12.5. The van der Waals surface area contributed by atoms with Gasteiger partial charge in [-0.05, 0) is 18.4 Å². The van der Waals surface area contributed by atoms with Crippen molar-refractivity contribution in [2.24, 2.45) is 0 Å². The summed E-state index contributed by atoms with van der Waals surface area (Å²) in [5, 5.41) is 14.1. The Kier molecular flexibility index (Phi) is 6.02. The summed E-state index contributed by atoms with van der Waals surface area (Å²) in [6, 6.07) is 11.0. The van der Waals surface area contributed by atoms with Gasteiger partial charge in [-0.25, -0.2) is 0 Å². The quantitative estimate of drug-likeness (QED) is 0.805. The van der Waals surface area contributed by atoms with E-state index in [1.54, 1.807) is 0 Å². The van der Waals surface area contributed by atoms with Gasteiger partial charge in [0.05, 0.1) is 5.60 Å². The van der Waals surface area contributed by atoms with Gasteiger partial charge in [-0.15, -0.1) is 0 Å². The lowest BCUT2D eigenvalue weighted by Gasteiger charge is -2.34. The molecule has 0 amide bonds. The van der Waals surface area contributed by atoms with Crippen LogP contribution in [-0.2, 0) is 11.2 Å². The van der Waals surface area contributed by atoms with Gasteiger partial charge in [0, 0.05) is 38.6 Å². The maximum absolute atomic E-state index is 10.5. The minimum Gasteiger partial charge on any atom is -0.388 e. The van der Waals surface area contributed by atoms with Gasteiger partial charge in [0.15, 0.2) is 0 Å². The van der Waals surface area contributed by atoms with Crippen LogP contribution >= 0.6 is 0 Å². The highest BCUT2D eigenvalue weighted by atomic mass is 16.5. The standard InChI is InChI=1S/C17H27NO2/c1-2-6-16(13-15-7-4-3-5-8-15)18-14-17(19)9-11-20-12-10-17/h3-5,7-8,16,18-19H,2,6,9-14H2,1H3. The molecule has 1 unspecified atom stereocenters. The van der Waals surface area contributed by atoms with Crippen LogP contribution in [-0.4, -0.2) is 36.5 Å². The first kappa shape index (κ1) is 15.5. The molecule has 1 aromatic carbocycles. The summed E-state index contributed by atoms with van der Waals surface area (Å²) in [6.45, 7) is 4.24. The number of hydrogen-bond acceptors (Lipinski definition) is 3. The SMILES string of the molecule is CCCC(Cc1ccccc1)NCC1(O)CCOCC1. The van der Waals surface area contributed by atoms with Crippen molar-refractivity contribution in [1.29, 1.82) is 0 Å². The smallest absolute Gasteiger partial charge is 0.0815 e. The molecule has 0 saturated carbocycles. The van der Waals surface area contributed by atoms with Gasteiger partial charge in [-0.2, -0.15) is 0 Å². The maximum atomic E-state index is 10.5. The third kappa shape index (κ3) is 4.89. The Hall–Kier alpha value is -0.900. The Morgan fingerprint density at radius 1 is 1.25 bits per heavy atom. The third-order valence-electron chi connectivity index (χ3n) is 4.11. The molecule has 0 spiro atoms. The van der Waals surface area contributed by atoms with E-state index in [-0.39, 0.29) is 0 Å². The third-order valence-corrected chi connectivity index (χ3v) is 4.11. The molecule has 112 valence electrons. The second kappa shape index (κ2) is 7.77. The summed E-state index contributed by atoms with van der Waals surface area (Å²) >= 11 is 0. The second-order valence-corrected chi connectivity index (χ2v) is 5.89. The maximum Gasteiger partial charge on any atom is 0.0815 e. The van der Waals surface area contributed by atoms with E-state index in [2.05, 4.69) is 42.6 Å². The van der Waals surface area contributed by atoms with Gasteiger partial charge in [-0.3, -0.25) is 0 Å². The van der Waals surface area contributed by atoms with Crippen molar-refractivity contribution in [3.8, 4) is 0 Å². The summed E-state index contributed by atoms with van der Waals surface area (Å²) in [4.78, 5) is 0. The molecule has 1 aromatic rings. The van der Waals surface area contributed by atoms with Crippen molar-refractivity contribution < 1.29 is 9.84 Å². The summed E-state index contributed by atoms with van der Waals surface area (Å²) < 4.78 is 5.33. The first-order valence-electron chi connectivity index (χ1n) is 7.79. The number of nitrogens with one attached hydrogen (secondary N) is 1. The number of rotatable bonds is 7. The molecule has 1 saturated heterocycles. The zero-order chi connectivity index (χ0) is 14.3. The van der Waals surface area contributed by atoms with Gasteiger partial charge in [-0.1, -0.05) is 43.7 Å². The van der Waals surface area contributed by atoms with Crippen LogP contribution in [0.15, 0.2) is 30.3 Å². The Labute approximate surface area is 122 Å². The van der Waals surface area contributed by atoms with E-state index in [0.29, 0.717) is 25.8 Å². The van der Waals surface area contributed by atoms with Crippen molar-refractivity contribution in [3.63, 3.8) is 0 Å². The van der Waals surface area contributed by atoms with Crippen molar-refractivity contribution in [2.75, 3.05) is 19.8 Å². The molecule has 20 heavy (non-hydrogen) atoms. The first-order chi connectivity index (χ1) is 9.72. The number of aliphatic hydroxyl groups is 1. The fourth-order valence-electron chi connectivity index (χ4n) is 2.79. The van der Waals surface area contributed by atoms with Crippen molar-refractivity contribution in [3.05, 3.63) is 35.9 Å². The van der Waals surface area contributed by atoms with Crippen LogP contribution < -0.4 is 5.32 Å². The number of hydrogen-bond donors (Lipinski definition) is 2. The highest BCUT2D eigenvalue weighted by Gasteiger charge is 2.30. The molecule has 3 nitrogen and oxygen atoms in total. The Bertz CT molecular complexity index is 374. The van der Waals surface area contributed by atoms with E-state index < -0.39 is 5.60 Å². The van der Waals surface area contributed by atoms with Crippen LogP contribution in [0.5, 0.6) is 0 Å². The van der Waals surface area contributed by atoms with Crippen LogP contribution in [0.3, 0.4) is 0 Å². The molecule has 1 heterocycles. The van der Waals surface area contributed by atoms with Crippen LogP contribution in [0, 0.1) is 0 Å². The second-order valence-electron chi connectivity index (χ2n) is 5.89. The molecular formula is C17H27NO2. The number of benzene rings is 1. The monoisotopic (exact) mass is 277 g/mol.